The highest BCUT2D eigenvalue weighted by molar-refractivity contribution is 6.12. The molecule has 0 fully saturated rings. The maximum Gasteiger partial charge on any atom is 0.573 e. The number of hydrogen-bond acceptors (Lipinski definition) is 12. The topological polar surface area (TPSA) is 96.7 Å². The number of anilines is 12. The van der Waals surface area contributed by atoms with E-state index in [2.05, 4.69) is 69.7 Å². The summed E-state index contributed by atoms with van der Waals surface area (Å²) in [5.74, 6) is 0.556. The lowest BCUT2D eigenvalue weighted by Crippen LogP contribution is -2.17. The van der Waals surface area contributed by atoms with Crippen LogP contribution in [0.1, 0.15) is 11.1 Å². The molecule has 2 heterocycles. The minimum absolute atomic E-state index is 0.230. The Balaban J connectivity index is 0.856. The summed E-state index contributed by atoms with van der Waals surface area (Å²) in [5.41, 5.74) is 11.8. The molecule has 0 aliphatic carbocycles. The van der Waals surface area contributed by atoms with E-state index in [0.717, 1.165) is 116 Å². The summed E-state index contributed by atoms with van der Waals surface area (Å²) in [6, 6.07) is 82.2. The second-order valence-corrected chi connectivity index (χ2v) is 26.1. The number of alkyl halides is 12. The number of ether oxygens (including phenoxy) is 8. The quantitative estimate of drug-likeness (QED) is 0.0539. The van der Waals surface area contributed by atoms with Crippen LogP contribution >= 0.6 is 0 Å². The second kappa shape index (κ2) is 30.8. The van der Waals surface area contributed by atoms with Crippen LogP contribution in [0.15, 0.2) is 291 Å². The molecule has 26 heteroatoms. The molecule has 0 bridgehead atoms. The van der Waals surface area contributed by atoms with Crippen LogP contribution in [-0.2, 0) is 13.1 Å². The van der Waals surface area contributed by atoms with E-state index >= 15 is 0 Å². The summed E-state index contributed by atoms with van der Waals surface area (Å²) >= 11 is 0. The molecule has 0 aliphatic heterocycles. The first-order valence-corrected chi connectivity index (χ1v) is 35.1. The number of halogens is 12. The first kappa shape index (κ1) is 75.6. The number of aromatic nitrogens is 2. The molecule has 0 spiro atoms. The van der Waals surface area contributed by atoms with Crippen molar-refractivity contribution in [2.45, 2.75) is 38.5 Å². The normalized spacial score (nSPS) is 11.9. The lowest BCUT2D eigenvalue weighted by molar-refractivity contribution is -0.275. The van der Waals surface area contributed by atoms with E-state index in [0.29, 0.717) is 62.7 Å². The van der Waals surface area contributed by atoms with Crippen molar-refractivity contribution in [3.05, 3.63) is 302 Å². The fourth-order valence-electron chi connectivity index (χ4n) is 14.1. The number of fused-ring (bicyclic) bond motifs is 6. The van der Waals surface area contributed by atoms with Crippen LogP contribution in [0.25, 0.3) is 43.6 Å². The van der Waals surface area contributed by atoms with Gasteiger partial charge in [-0.1, -0.05) is 24.3 Å². The molecule has 0 saturated heterocycles. The predicted molar refractivity (Wildman–Crippen MR) is 415 cm³/mol. The number of hydrogen-bond donors (Lipinski definition) is 0. The van der Waals surface area contributed by atoms with E-state index in [1.807, 2.05) is 138 Å². The SMILES string of the molecule is COc1ccc(N(c2ccc(OC)cc2)c2ccc3c(c2)c2cc(N(c4ccc(OC)cc4)c4ccc(OC)cc4)ccc2n3Cc2ccc(Cn3c4ccc(N(c5ccc(OC(F)(F)F)cc5)c5ccc(OC(F)(F)F)cc5)cc4c4cc(N(c5ccc(OC(F)(F)F)cc5)c5ccc(OC(F)(F)F)cc5)ccc43)cc2)cc1. The van der Waals surface area contributed by atoms with Gasteiger partial charge in [0, 0.05) is 125 Å². The molecule has 13 aromatic carbocycles. The zero-order chi connectivity index (χ0) is 79.8. The monoisotopic (exact) mass is 1560 g/mol. The zero-order valence-electron chi connectivity index (χ0n) is 60.6. The molecule has 114 heavy (non-hydrogen) atoms. The van der Waals surface area contributed by atoms with Crippen LogP contribution in [0.4, 0.5) is 121 Å². The molecule has 0 radical (unpaired) electrons. The van der Waals surface area contributed by atoms with E-state index in [4.69, 9.17) is 18.9 Å². The average Bonchev–Trinajstić information content (AvgIpc) is 1.58. The highest BCUT2D eigenvalue weighted by Gasteiger charge is 2.35. The molecule has 578 valence electrons. The van der Waals surface area contributed by atoms with Gasteiger partial charge in [-0.2, -0.15) is 0 Å². The predicted octanol–water partition coefficient (Wildman–Crippen LogP) is 25.5. The number of benzene rings is 13. The Morgan fingerprint density at radius 2 is 0.368 bits per heavy atom. The number of methoxy groups -OCH3 is 4. The molecule has 0 aliphatic rings. The van der Waals surface area contributed by atoms with Crippen LogP contribution in [0.5, 0.6) is 46.0 Å². The van der Waals surface area contributed by atoms with Crippen LogP contribution in [0.3, 0.4) is 0 Å². The fourth-order valence-corrected chi connectivity index (χ4v) is 14.1. The van der Waals surface area contributed by atoms with Crippen molar-refractivity contribution in [1.82, 2.24) is 9.13 Å². The Bertz CT molecular complexity index is 5360. The first-order valence-electron chi connectivity index (χ1n) is 35.1. The molecular formula is C88H64F12N6O8. The third-order valence-corrected chi connectivity index (χ3v) is 19.0. The van der Waals surface area contributed by atoms with Crippen LogP contribution in [0, 0.1) is 0 Å². The molecular weight excluding hydrogens is 1500 g/mol. The zero-order valence-corrected chi connectivity index (χ0v) is 60.6. The standard InChI is InChI=1S/C88H64F12N6O8/c1-107-69-29-9-57(10-30-69)103(58-11-31-70(108-2)32-12-58)65-25-45-81-77(49-65)78-50-66(104(59-13-33-71(109-3)34-14-59)60-15-35-72(110-4)36-16-60)26-46-82(78)101(81)53-55-5-7-56(8-6-55)54-102-83-47-27-67(105(61-17-37-73(38-18-61)111-85(89,90)91)62-19-39-74(40-20-62)112-86(92,93)94)51-79(83)80-52-68(28-48-84(80)102)106(63-21-41-75(42-22-63)113-87(95,96)97)64-23-43-76(44-24-64)114-88(98,99)100/h5-52H,53-54H2,1-4H3. The van der Waals surface area contributed by atoms with Gasteiger partial charge in [0.05, 0.1) is 28.4 Å². The largest absolute Gasteiger partial charge is 0.573 e. The Kier molecular flexibility index (Phi) is 20.4. The van der Waals surface area contributed by atoms with Crippen molar-refractivity contribution in [1.29, 1.82) is 0 Å². The highest BCUT2D eigenvalue weighted by atomic mass is 19.4. The fraction of sp³-hybridized carbons (Fsp3) is 0.114. The Labute approximate surface area is 643 Å². The lowest BCUT2D eigenvalue weighted by Gasteiger charge is -2.26. The van der Waals surface area contributed by atoms with E-state index in [-0.39, 0.29) is 29.3 Å². The van der Waals surface area contributed by atoms with Gasteiger partial charge in [0.15, 0.2) is 0 Å². The van der Waals surface area contributed by atoms with Gasteiger partial charge in [0.2, 0.25) is 0 Å². The number of rotatable bonds is 24. The van der Waals surface area contributed by atoms with Crippen molar-refractivity contribution < 1.29 is 90.6 Å². The van der Waals surface area contributed by atoms with Crippen molar-refractivity contribution in [2.75, 3.05) is 48.0 Å². The summed E-state index contributed by atoms with van der Waals surface area (Å²) in [6.45, 7) is 0.633. The summed E-state index contributed by atoms with van der Waals surface area (Å²) in [5, 5.41) is 3.00. The smallest absolute Gasteiger partial charge is 0.497 e. The number of nitrogens with zero attached hydrogens (tertiary/aromatic N) is 6. The molecule has 15 rings (SSSR count). The highest BCUT2D eigenvalue weighted by Crippen LogP contribution is 2.48. The first-order chi connectivity index (χ1) is 54.7. The maximum atomic E-state index is 13.5. The maximum absolute atomic E-state index is 13.5. The second-order valence-electron chi connectivity index (χ2n) is 26.1. The molecule has 0 atom stereocenters. The minimum Gasteiger partial charge on any atom is -0.497 e. The van der Waals surface area contributed by atoms with E-state index in [9.17, 15) is 52.7 Å². The van der Waals surface area contributed by atoms with Gasteiger partial charge >= 0.3 is 25.4 Å². The van der Waals surface area contributed by atoms with Gasteiger partial charge in [-0.3, -0.25) is 0 Å². The molecule has 15 aromatic rings. The van der Waals surface area contributed by atoms with Gasteiger partial charge in [0.1, 0.15) is 46.0 Å². The van der Waals surface area contributed by atoms with Gasteiger partial charge in [-0.25, -0.2) is 0 Å². The van der Waals surface area contributed by atoms with E-state index in [1.54, 1.807) is 62.5 Å². The third-order valence-electron chi connectivity index (χ3n) is 19.0. The lowest BCUT2D eigenvalue weighted by atomic mass is 10.1. The summed E-state index contributed by atoms with van der Waals surface area (Å²) in [6.07, 6.45) is -20.2. The average molecular weight is 1560 g/mol. The molecule has 0 saturated carbocycles. The Hall–Kier alpha value is -13.8. The Morgan fingerprint density at radius 1 is 0.211 bits per heavy atom. The minimum atomic E-state index is -5.04. The molecule has 0 N–H and O–H groups in total. The van der Waals surface area contributed by atoms with Crippen LogP contribution in [-0.4, -0.2) is 63.0 Å². The van der Waals surface area contributed by atoms with Gasteiger partial charge < -0.3 is 66.6 Å². The molecule has 0 unspecified atom stereocenters. The van der Waals surface area contributed by atoms with E-state index in [1.165, 1.54) is 48.5 Å². The van der Waals surface area contributed by atoms with Crippen molar-refractivity contribution in [2.24, 2.45) is 0 Å². The summed E-state index contributed by atoms with van der Waals surface area (Å²) in [7, 11) is 6.48. The van der Waals surface area contributed by atoms with Crippen LogP contribution < -0.4 is 57.5 Å². The Morgan fingerprint density at radius 3 is 0.526 bits per heavy atom. The summed E-state index contributed by atoms with van der Waals surface area (Å²) < 4.78 is 206. The van der Waals surface area contributed by atoms with Gasteiger partial charge in [-0.05, 0) is 278 Å². The van der Waals surface area contributed by atoms with Crippen molar-refractivity contribution in [3.8, 4) is 46.0 Å². The summed E-state index contributed by atoms with van der Waals surface area (Å²) in [4.78, 5) is 7.52. The van der Waals surface area contributed by atoms with Gasteiger partial charge in [0.25, 0.3) is 0 Å². The van der Waals surface area contributed by atoms with Crippen molar-refractivity contribution >= 4 is 112 Å². The van der Waals surface area contributed by atoms with Crippen LogP contribution in [0.2, 0.25) is 0 Å². The molecule has 14 nitrogen and oxygen atoms in total. The van der Waals surface area contributed by atoms with Gasteiger partial charge in [-0.15, -0.1) is 52.7 Å². The molecule has 2 aromatic heterocycles. The third kappa shape index (κ3) is 16.6. The molecule has 0 amide bonds. The van der Waals surface area contributed by atoms with E-state index < -0.39 is 48.4 Å². The van der Waals surface area contributed by atoms with Crippen molar-refractivity contribution in [3.63, 3.8) is 0 Å².